The van der Waals surface area contributed by atoms with Crippen LogP contribution in [0.1, 0.15) is 31.9 Å². The summed E-state index contributed by atoms with van der Waals surface area (Å²) in [6.07, 6.45) is 1.67. The molecule has 3 aromatic rings. The van der Waals surface area contributed by atoms with Gasteiger partial charge < -0.3 is 9.47 Å². The van der Waals surface area contributed by atoms with Crippen LogP contribution in [0.15, 0.2) is 70.0 Å². The van der Waals surface area contributed by atoms with E-state index in [0.717, 1.165) is 37.5 Å². The number of rotatable bonds is 6. The molecule has 0 unspecified atom stereocenters. The van der Waals surface area contributed by atoms with Gasteiger partial charge in [-0.1, -0.05) is 58.4 Å². The summed E-state index contributed by atoms with van der Waals surface area (Å²) in [6, 6.07) is 19.4. The number of esters is 1. The van der Waals surface area contributed by atoms with Gasteiger partial charge in [0.15, 0.2) is 0 Å². The number of nitrogens with zero attached hydrogens (tertiary/aromatic N) is 1. The second-order valence-corrected chi connectivity index (χ2v) is 10.9. The Balaban J connectivity index is 1.64. The highest BCUT2D eigenvalue weighted by Gasteiger charge is 2.37. The molecule has 180 valence electrons. The molecule has 6 nitrogen and oxygen atoms in total. The Kier molecular flexibility index (Phi) is 7.33. The fourth-order valence-electron chi connectivity index (χ4n) is 3.56. The van der Waals surface area contributed by atoms with Crippen LogP contribution >= 0.6 is 27.7 Å². The molecule has 1 saturated heterocycles. The average molecular weight is 554 g/mol. The van der Waals surface area contributed by atoms with Crippen LogP contribution in [0.4, 0.5) is 4.79 Å². The maximum Gasteiger partial charge on any atom is 0.326 e. The van der Waals surface area contributed by atoms with E-state index in [1.165, 1.54) is 0 Å². The molecule has 0 N–H and O–H groups in total. The number of thioether (sulfide) groups is 1. The Labute approximate surface area is 216 Å². The number of ether oxygens (including phenoxy) is 2. The van der Waals surface area contributed by atoms with Gasteiger partial charge >= 0.3 is 5.97 Å². The normalized spacial score (nSPS) is 15.2. The molecule has 0 aromatic heterocycles. The van der Waals surface area contributed by atoms with Crippen molar-refractivity contribution < 1.29 is 23.9 Å². The molecule has 8 heteroatoms. The lowest BCUT2D eigenvalue weighted by molar-refractivity contribution is -0.156. The first-order valence-electron chi connectivity index (χ1n) is 11.0. The Hall–Kier alpha value is -3.10. The van der Waals surface area contributed by atoms with Crippen molar-refractivity contribution in [3.8, 4) is 5.75 Å². The molecule has 1 aliphatic heterocycles. The number of halogens is 1. The Bertz CT molecular complexity index is 1330. The third-order valence-corrected chi connectivity index (χ3v) is 6.53. The van der Waals surface area contributed by atoms with Crippen LogP contribution in [-0.4, -0.2) is 34.2 Å². The van der Waals surface area contributed by atoms with Gasteiger partial charge in [0, 0.05) is 10.0 Å². The summed E-state index contributed by atoms with van der Waals surface area (Å²) in [4.78, 5) is 39.0. The third-order valence-electron chi connectivity index (χ3n) is 5.09. The second kappa shape index (κ2) is 10.3. The number of amides is 2. The summed E-state index contributed by atoms with van der Waals surface area (Å²) in [6.45, 7) is 5.10. The third kappa shape index (κ3) is 6.13. The number of carbonyl (C=O) groups excluding carboxylic acids is 3. The first kappa shape index (κ1) is 25.0. The van der Waals surface area contributed by atoms with Gasteiger partial charge in [-0.05, 0) is 73.1 Å². The number of fused-ring (bicyclic) bond motifs is 1. The number of hydrogen-bond donors (Lipinski definition) is 0. The monoisotopic (exact) mass is 553 g/mol. The fourth-order valence-corrected chi connectivity index (χ4v) is 4.65. The SMILES string of the molecule is CC(C)(C)OC(=O)CN1C(=O)SC(=Cc2c(OCc3ccc(Br)cc3)ccc3ccccc23)C1=O. The van der Waals surface area contributed by atoms with E-state index in [1.54, 1.807) is 26.8 Å². The van der Waals surface area contributed by atoms with Gasteiger partial charge in [-0.15, -0.1) is 0 Å². The maximum absolute atomic E-state index is 13.0. The molecule has 1 heterocycles. The van der Waals surface area contributed by atoms with Crippen molar-refractivity contribution in [1.82, 2.24) is 4.90 Å². The van der Waals surface area contributed by atoms with E-state index >= 15 is 0 Å². The summed E-state index contributed by atoms with van der Waals surface area (Å²) in [7, 11) is 0. The van der Waals surface area contributed by atoms with E-state index in [4.69, 9.17) is 9.47 Å². The molecule has 3 aromatic carbocycles. The Morgan fingerprint density at radius 1 is 1.03 bits per heavy atom. The van der Waals surface area contributed by atoms with Gasteiger partial charge in [0.25, 0.3) is 11.1 Å². The van der Waals surface area contributed by atoms with E-state index in [0.29, 0.717) is 17.9 Å². The minimum atomic E-state index is -0.710. The fraction of sp³-hybridized carbons (Fsp3) is 0.222. The Morgan fingerprint density at radius 2 is 1.74 bits per heavy atom. The van der Waals surface area contributed by atoms with Crippen molar-refractivity contribution in [3.05, 3.63) is 81.2 Å². The van der Waals surface area contributed by atoms with Gasteiger partial charge in [-0.3, -0.25) is 19.3 Å². The number of benzene rings is 3. The molecular formula is C27H24BrNO5S. The Morgan fingerprint density at radius 3 is 2.46 bits per heavy atom. The predicted octanol–water partition coefficient (Wildman–Crippen LogP) is 6.56. The van der Waals surface area contributed by atoms with Crippen molar-refractivity contribution in [2.45, 2.75) is 33.0 Å². The van der Waals surface area contributed by atoms with Crippen molar-refractivity contribution >= 4 is 61.7 Å². The van der Waals surface area contributed by atoms with Gasteiger partial charge in [0.1, 0.15) is 24.5 Å². The summed E-state index contributed by atoms with van der Waals surface area (Å²) in [5.74, 6) is -0.576. The highest BCUT2D eigenvalue weighted by Crippen LogP contribution is 2.37. The molecule has 0 bridgehead atoms. The minimum Gasteiger partial charge on any atom is -0.488 e. The molecule has 0 aliphatic carbocycles. The topological polar surface area (TPSA) is 72.9 Å². The zero-order valence-corrected chi connectivity index (χ0v) is 21.9. The van der Waals surface area contributed by atoms with Crippen LogP contribution in [0.5, 0.6) is 5.75 Å². The molecular weight excluding hydrogens is 530 g/mol. The van der Waals surface area contributed by atoms with E-state index in [9.17, 15) is 14.4 Å². The zero-order chi connectivity index (χ0) is 25.2. The van der Waals surface area contributed by atoms with E-state index in [-0.39, 0.29) is 4.91 Å². The van der Waals surface area contributed by atoms with E-state index in [2.05, 4.69) is 15.9 Å². The largest absolute Gasteiger partial charge is 0.488 e. The standard InChI is InChI=1S/C27H24BrNO5S/c1-27(2,3)34-24(30)15-29-25(31)23(35-26(29)32)14-21-20-7-5-4-6-18(20)10-13-22(21)33-16-17-8-11-19(28)12-9-17/h4-14H,15-16H2,1-3H3. The van der Waals surface area contributed by atoms with Gasteiger partial charge in [0.05, 0.1) is 4.91 Å². The highest BCUT2D eigenvalue weighted by atomic mass is 79.9. The van der Waals surface area contributed by atoms with Crippen LogP contribution in [0.3, 0.4) is 0 Å². The quantitative estimate of drug-likeness (QED) is 0.254. The summed E-state index contributed by atoms with van der Waals surface area (Å²) >= 11 is 4.23. The maximum atomic E-state index is 13.0. The number of hydrogen-bond acceptors (Lipinski definition) is 6. The van der Waals surface area contributed by atoms with Gasteiger partial charge in [-0.25, -0.2) is 0 Å². The number of carbonyl (C=O) groups is 3. The van der Waals surface area contributed by atoms with Crippen molar-refractivity contribution in [2.75, 3.05) is 6.54 Å². The zero-order valence-electron chi connectivity index (χ0n) is 19.5. The van der Waals surface area contributed by atoms with Crippen LogP contribution in [0, 0.1) is 0 Å². The van der Waals surface area contributed by atoms with Crippen molar-refractivity contribution in [1.29, 1.82) is 0 Å². The number of imide groups is 1. The lowest BCUT2D eigenvalue weighted by Gasteiger charge is -2.21. The smallest absolute Gasteiger partial charge is 0.326 e. The van der Waals surface area contributed by atoms with Crippen LogP contribution < -0.4 is 4.74 Å². The lowest BCUT2D eigenvalue weighted by Crippen LogP contribution is -2.37. The second-order valence-electron chi connectivity index (χ2n) is 8.97. The van der Waals surface area contributed by atoms with Gasteiger partial charge in [-0.2, -0.15) is 0 Å². The van der Waals surface area contributed by atoms with Crippen molar-refractivity contribution in [2.24, 2.45) is 0 Å². The van der Waals surface area contributed by atoms with Crippen LogP contribution in [0.2, 0.25) is 0 Å². The van der Waals surface area contributed by atoms with Gasteiger partial charge in [0.2, 0.25) is 0 Å². The first-order valence-corrected chi connectivity index (χ1v) is 12.6. The minimum absolute atomic E-state index is 0.225. The molecule has 2 amide bonds. The molecule has 1 fully saturated rings. The summed E-state index contributed by atoms with van der Waals surface area (Å²) < 4.78 is 12.4. The first-order chi connectivity index (χ1) is 16.6. The van der Waals surface area contributed by atoms with E-state index in [1.807, 2.05) is 60.7 Å². The molecule has 35 heavy (non-hydrogen) atoms. The average Bonchev–Trinajstić information content (AvgIpc) is 3.05. The lowest BCUT2D eigenvalue weighted by atomic mass is 10.0. The van der Waals surface area contributed by atoms with E-state index < -0.39 is 29.3 Å². The molecule has 0 atom stereocenters. The molecule has 0 radical (unpaired) electrons. The molecule has 0 spiro atoms. The molecule has 1 aliphatic rings. The van der Waals surface area contributed by atoms with Crippen molar-refractivity contribution in [3.63, 3.8) is 0 Å². The predicted molar refractivity (Wildman–Crippen MR) is 141 cm³/mol. The highest BCUT2D eigenvalue weighted by molar-refractivity contribution is 9.10. The van der Waals surface area contributed by atoms with Crippen LogP contribution in [-0.2, 0) is 20.9 Å². The van der Waals surface area contributed by atoms with Crippen LogP contribution in [0.25, 0.3) is 16.8 Å². The molecule has 0 saturated carbocycles. The summed E-state index contributed by atoms with van der Waals surface area (Å²) in [5.41, 5.74) is 0.978. The summed E-state index contributed by atoms with van der Waals surface area (Å²) in [5, 5.41) is 1.35. The molecule has 4 rings (SSSR count).